The Bertz CT molecular complexity index is 495. The van der Waals surface area contributed by atoms with Gasteiger partial charge in [0.15, 0.2) is 0 Å². The maximum absolute atomic E-state index is 12.1. The van der Waals surface area contributed by atoms with Gasteiger partial charge in [-0.3, -0.25) is 4.79 Å². The van der Waals surface area contributed by atoms with Crippen LogP contribution in [0.1, 0.15) is 23.3 Å². The third kappa shape index (κ3) is 3.80. The SMILES string of the molecule is CN(Cc1cc(C#CCN)cs1)C(=O)C1CCCO1. The zero-order valence-corrected chi connectivity index (χ0v) is 11.8. The Hall–Kier alpha value is -1.35. The van der Waals surface area contributed by atoms with Crippen LogP contribution in [0.3, 0.4) is 0 Å². The van der Waals surface area contributed by atoms with Crippen molar-refractivity contribution in [1.29, 1.82) is 0 Å². The number of nitrogens with zero attached hydrogens (tertiary/aromatic N) is 1. The number of carbonyl (C=O) groups is 1. The number of nitrogens with two attached hydrogens (primary N) is 1. The van der Waals surface area contributed by atoms with Gasteiger partial charge in [0.2, 0.25) is 0 Å². The van der Waals surface area contributed by atoms with Gasteiger partial charge >= 0.3 is 0 Å². The van der Waals surface area contributed by atoms with Gasteiger partial charge in [-0.15, -0.1) is 11.3 Å². The van der Waals surface area contributed by atoms with Crippen LogP contribution in [-0.4, -0.2) is 37.1 Å². The van der Waals surface area contributed by atoms with Crippen molar-refractivity contribution in [2.45, 2.75) is 25.5 Å². The van der Waals surface area contributed by atoms with E-state index in [1.165, 1.54) is 0 Å². The van der Waals surface area contributed by atoms with Crippen LogP contribution in [0.15, 0.2) is 11.4 Å². The van der Waals surface area contributed by atoms with Crippen molar-refractivity contribution in [1.82, 2.24) is 4.90 Å². The van der Waals surface area contributed by atoms with Gasteiger partial charge in [-0.05, 0) is 18.9 Å². The summed E-state index contributed by atoms with van der Waals surface area (Å²) in [6, 6.07) is 2.01. The van der Waals surface area contributed by atoms with Crippen molar-refractivity contribution >= 4 is 17.2 Å². The summed E-state index contributed by atoms with van der Waals surface area (Å²) in [6.45, 7) is 1.67. The molecule has 0 bridgehead atoms. The lowest BCUT2D eigenvalue weighted by Crippen LogP contribution is -2.35. The molecule has 19 heavy (non-hydrogen) atoms. The van der Waals surface area contributed by atoms with Gasteiger partial charge in [-0.1, -0.05) is 11.8 Å². The molecule has 1 aromatic heterocycles. The Balaban J connectivity index is 1.92. The van der Waals surface area contributed by atoms with Crippen molar-refractivity contribution < 1.29 is 9.53 Å². The summed E-state index contributed by atoms with van der Waals surface area (Å²) in [4.78, 5) is 14.9. The van der Waals surface area contributed by atoms with Crippen LogP contribution in [0.5, 0.6) is 0 Å². The van der Waals surface area contributed by atoms with Crippen molar-refractivity contribution in [2.75, 3.05) is 20.2 Å². The molecular formula is C14H18N2O2S. The highest BCUT2D eigenvalue weighted by Crippen LogP contribution is 2.18. The van der Waals surface area contributed by atoms with Crippen LogP contribution in [0, 0.1) is 11.8 Å². The van der Waals surface area contributed by atoms with Gasteiger partial charge in [-0.25, -0.2) is 0 Å². The van der Waals surface area contributed by atoms with Crippen LogP contribution in [0.25, 0.3) is 0 Å². The Morgan fingerprint density at radius 1 is 1.68 bits per heavy atom. The fourth-order valence-electron chi connectivity index (χ4n) is 2.01. The summed E-state index contributed by atoms with van der Waals surface area (Å²) in [5, 5.41) is 1.99. The molecule has 4 nitrogen and oxygen atoms in total. The van der Waals surface area contributed by atoms with Crippen LogP contribution < -0.4 is 5.73 Å². The molecule has 5 heteroatoms. The molecule has 0 radical (unpaired) electrons. The monoisotopic (exact) mass is 278 g/mol. The summed E-state index contributed by atoms with van der Waals surface area (Å²) < 4.78 is 5.41. The van der Waals surface area contributed by atoms with Crippen LogP contribution in [0.4, 0.5) is 0 Å². The maximum atomic E-state index is 12.1. The smallest absolute Gasteiger partial charge is 0.251 e. The number of likely N-dealkylation sites (N-methyl/N-ethyl adjacent to an activating group) is 1. The largest absolute Gasteiger partial charge is 0.368 e. The number of hydrogen-bond donors (Lipinski definition) is 1. The topological polar surface area (TPSA) is 55.6 Å². The number of amides is 1. The first-order chi connectivity index (χ1) is 9.20. The van der Waals surface area contributed by atoms with Gasteiger partial charge in [0.1, 0.15) is 6.10 Å². The minimum Gasteiger partial charge on any atom is -0.368 e. The average molecular weight is 278 g/mol. The second-order valence-corrected chi connectivity index (χ2v) is 5.50. The quantitative estimate of drug-likeness (QED) is 0.845. The Labute approximate surface area is 117 Å². The fourth-order valence-corrected chi connectivity index (χ4v) is 2.88. The van der Waals surface area contributed by atoms with E-state index in [0.29, 0.717) is 19.7 Å². The maximum Gasteiger partial charge on any atom is 0.251 e. The molecule has 0 aromatic carbocycles. The van der Waals surface area contributed by atoms with E-state index in [0.717, 1.165) is 23.3 Å². The third-order valence-corrected chi connectivity index (χ3v) is 3.88. The van der Waals surface area contributed by atoms with E-state index in [9.17, 15) is 4.79 Å². The van der Waals surface area contributed by atoms with Crippen molar-refractivity contribution in [3.8, 4) is 11.8 Å². The lowest BCUT2D eigenvalue weighted by atomic mass is 10.2. The van der Waals surface area contributed by atoms with Gasteiger partial charge in [0.05, 0.1) is 13.1 Å². The van der Waals surface area contributed by atoms with E-state index >= 15 is 0 Å². The highest BCUT2D eigenvalue weighted by atomic mass is 32.1. The molecule has 1 saturated heterocycles. The van der Waals surface area contributed by atoms with Gasteiger partial charge in [0, 0.05) is 29.5 Å². The normalized spacial score (nSPS) is 17.9. The van der Waals surface area contributed by atoms with Crippen LogP contribution in [-0.2, 0) is 16.1 Å². The molecule has 0 aliphatic carbocycles. The second kappa shape index (κ2) is 6.71. The second-order valence-electron chi connectivity index (χ2n) is 4.50. The van der Waals surface area contributed by atoms with Gasteiger partial charge < -0.3 is 15.4 Å². The van der Waals surface area contributed by atoms with Crippen molar-refractivity contribution in [3.05, 3.63) is 21.9 Å². The number of thiophene rings is 1. The summed E-state index contributed by atoms with van der Waals surface area (Å²) in [5.74, 6) is 5.88. The summed E-state index contributed by atoms with van der Waals surface area (Å²) >= 11 is 1.61. The van der Waals surface area contributed by atoms with E-state index in [2.05, 4.69) is 11.8 Å². The predicted molar refractivity (Wildman–Crippen MR) is 75.7 cm³/mol. The highest BCUT2D eigenvalue weighted by molar-refractivity contribution is 7.10. The molecule has 0 spiro atoms. The van der Waals surface area contributed by atoms with Gasteiger partial charge in [-0.2, -0.15) is 0 Å². The third-order valence-electron chi connectivity index (χ3n) is 2.96. The van der Waals surface area contributed by atoms with Gasteiger partial charge in [0.25, 0.3) is 5.91 Å². The first kappa shape index (κ1) is 14.1. The van der Waals surface area contributed by atoms with E-state index < -0.39 is 0 Å². The first-order valence-electron chi connectivity index (χ1n) is 6.33. The lowest BCUT2D eigenvalue weighted by Gasteiger charge is -2.19. The standard InChI is InChI=1S/C14H18N2O2S/c1-16(14(17)13-5-3-7-18-13)9-12-8-11(10-19-12)4-2-6-15/h8,10,13H,3,5-7,9,15H2,1H3. The molecule has 1 unspecified atom stereocenters. The van der Waals surface area contributed by atoms with Crippen LogP contribution >= 0.6 is 11.3 Å². The molecule has 1 atom stereocenters. The zero-order valence-electron chi connectivity index (χ0n) is 11.0. The van der Waals surface area contributed by atoms with Crippen molar-refractivity contribution in [2.24, 2.45) is 5.73 Å². The number of ether oxygens (including phenoxy) is 1. The van der Waals surface area contributed by atoms with E-state index in [4.69, 9.17) is 10.5 Å². The fraction of sp³-hybridized carbons (Fsp3) is 0.500. The first-order valence-corrected chi connectivity index (χ1v) is 7.21. The van der Waals surface area contributed by atoms with E-state index in [1.807, 2.05) is 18.5 Å². The molecule has 0 saturated carbocycles. The molecule has 1 aliphatic heterocycles. The molecule has 1 aromatic rings. The summed E-state index contributed by atoms with van der Waals surface area (Å²) in [5.41, 5.74) is 6.30. The Kier molecular flexibility index (Phi) is 4.97. The molecule has 1 fully saturated rings. The minimum absolute atomic E-state index is 0.0699. The van der Waals surface area contributed by atoms with E-state index in [-0.39, 0.29) is 12.0 Å². The summed E-state index contributed by atoms with van der Waals surface area (Å²) in [7, 11) is 1.81. The minimum atomic E-state index is -0.249. The average Bonchev–Trinajstić information content (AvgIpc) is 3.06. The predicted octanol–water partition coefficient (Wildman–Crippen LogP) is 1.20. The number of hydrogen-bond acceptors (Lipinski definition) is 4. The molecule has 2 N–H and O–H groups in total. The Morgan fingerprint density at radius 3 is 3.21 bits per heavy atom. The van der Waals surface area contributed by atoms with E-state index in [1.54, 1.807) is 16.2 Å². The summed E-state index contributed by atoms with van der Waals surface area (Å²) in [6.07, 6.45) is 1.56. The number of carbonyl (C=O) groups excluding carboxylic acids is 1. The molecule has 1 aliphatic rings. The molecule has 1 amide bonds. The number of rotatable bonds is 3. The zero-order chi connectivity index (χ0) is 13.7. The van der Waals surface area contributed by atoms with Crippen molar-refractivity contribution in [3.63, 3.8) is 0 Å². The molecule has 2 heterocycles. The molecule has 2 rings (SSSR count). The highest BCUT2D eigenvalue weighted by Gasteiger charge is 2.26. The molecular weight excluding hydrogens is 260 g/mol. The molecule has 102 valence electrons. The Morgan fingerprint density at radius 2 is 2.53 bits per heavy atom. The van der Waals surface area contributed by atoms with Crippen LogP contribution in [0.2, 0.25) is 0 Å². The lowest BCUT2D eigenvalue weighted by molar-refractivity contribution is -0.140.